The molecule has 0 fully saturated rings. The Balaban J connectivity index is 1.55. The first-order chi connectivity index (χ1) is 17.9. The van der Waals surface area contributed by atoms with Gasteiger partial charge < -0.3 is 10.3 Å². The fourth-order valence-electron chi connectivity index (χ4n) is 3.83. The van der Waals surface area contributed by atoms with Gasteiger partial charge in [-0.15, -0.1) is 0 Å². The topological polar surface area (TPSA) is 123 Å². The Morgan fingerprint density at radius 2 is 1.92 bits per heavy atom. The smallest absolute Gasteiger partial charge is 0.255 e. The van der Waals surface area contributed by atoms with Gasteiger partial charge in [-0.25, -0.2) is 19.9 Å². The predicted molar refractivity (Wildman–Crippen MR) is 142 cm³/mol. The number of hydrogen-bond acceptors (Lipinski definition) is 7. The average molecular weight is 509 g/mol. The van der Waals surface area contributed by atoms with Crippen molar-refractivity contribution >= 4 is 51.7 Å². The minimum atomic E-state index is -0.720. The number of anilines is 4. The third kappa shape index (κ3) is 4.70. The molecule has 3 aromatic heterocycles. The highest BCUT2D eigenvalue weighted by Gasteiger charge is 2.23. The lowest BCUT2D eigenvalue weighted by Crippen LogP contribution is -2.17. The van der Waals surface area contributed by atoms with Gasteiger partial charge in [0.1, 0.15) is 12.1 Å². The summed E-state index contributed by atoms with van der Waals surface area (Å²) in [5.74, 6) is 0.717. The van der Waals surface area contributed by atoms with Crippen LogP contribution < -0.4 is 10.2 Å². The number of benzene rings is 2. The molecule has 0 radical (unpaired) electrons. The molecule has 0 saturated carbocycles. The van der Waals surface area contributed by atoms with Gasteiger partial charge in [-0.2, -0.15) is 5.26 Å². The van der Waals surface area contributed by atoms with Crippen LogP contribution in [0.15, 0.2) is 79.5 Å². The minimum absolute atomic E-state index is 0.315. The molecule has 5 aromatic rings. The number of fused-ring (bicyclic) bond motifs is 1. The summed E-state index contributed by atoms with van der Waals surface area (Å²) in [7, 11) is 0. The lowest BCUT2D eigenvalue weighted by molar-refractivity contribution is 0.102. The molecule has 182 valence electrons. The molecule has 0 spiro atoms. The Kier molecular flexibility index (Phi) is 6.26. The van der Waals surface area contributed by atoms with E-state index in [0.717, 1.165) is 5.56 Å². The van der Waals surface area contributed by atoms with E-state index in [9.17, 15) is 10.1 Å². The van der Waals surface area contributed by atoms with Gasteiger partial charge in [0.2, 0.25) is 0 Å². The third-order valence-electron chi connectivity index (χ3n) is 5.86. The number of carbonyl (C=O) groups is 1. The van der Waals surface area contributed by atoms with Crippen molar-refractivity contribution in [2.45, 2.75) is 19.3 Å². The molecule has 0 atom stereocenters. The van der Waals surface area contributed by atoms with Crippen molar-refractivity contribution in [1.29, 1.82) is 5.26 Å². The lowest BCUT2D eigenvalue weighted by atomic mass is 9.85. The summed E-state index contributed by atoms with van der Waals surface area (Å²) in [5, 5.41) is 12.8. The molecule has 37 heavy (non-hydrogen) atoms. The summed E-state index contributed by atoms with van der Waals surface area (Å²) in [6, 6.07) is 20.0. The second-order valence-electron chi connectivity index (χ2n) is 8.76. The van der Waals surface area contributed by atoms with Crippen LogP contribution in [0.5, 0.6) is 0 Å². The van der Waals surface area contributed by atoms with E-state index in [-0.39, 0.29) is 5.91 Å². The second-order valence-corrected chi connectivity index (χ2v) is 9.17. The fraction of sp³-hybridized carbons (Fsp3) is 0.111. The number of imidazole rings is 1. The summed E-state index contributed by atoms with van der Waals surface area (Å²) in [4.78, 5) is 35.5. The standard InChI is InChI=1S/C27H21ClN8O/c1-27(2,14-29)18-7-5-6-17(12-18)26(37)35-19-9-10-20(28)21(13-19)36(22-8-3-4-11-30-22)25-23-24(32-15-31-23)33-16-34-25/h3-13,15-16H,1-2H3,(H,35,37)(H,31,32,33,34). The molecule has 0 bridgehead atoms. The van der Waals surface area contributed by atoms with Crippen molar-refractivity contribution in [1.82, 2.24) is 24.9 Å². The molecular formula is C27H21ClN8O. The van der Waals surface area contributed by atoms with Crippen molar-refractivity contribution in [3.05, 3.63) is 95.7 Å². The van der Waals surface area contributed by atoms with Gasteiger partial charge in [0.25, 0.3) is 5.91 Å². The highest BCUT2D eigenvalue weighted by atomic mass is 35.5. The highest BCUT2D eigenvalue weighted by molar-refractivity contribution is 6.33. The van der Waals surface area contributed by atoms with Crippen LogP contribution in [0.2, 0.25) is 5.02 Å². The zero-order valence-corrected chi connectivity index (χ0v) is 20.7. The molecule has 0 saturated heterocycles. The van der Waals surface area contributed by atoms with Crippen LogP contribution in [0.1, 0.15) is 29.8 Å². The normalized spacial score (nSPS) is 11.2. The zero-order chi connectivity index (χ0) is 26.0. The Morgan fingerprint density at radius 3 is 2.70 bits per heavy atom. The number of nitrogens with zero attached hydrogens (tertiary/aromatic N) is 6. The van der Waals surface area contributed by atoms with Crippen molar-refractivity contribution < 1.29 is 4.79 Å². The minimum Gasteiger partial charge on any atom is -0.329 e. The number of rotatable bonds is 6. The number of nitriles is 1. The Bertz CT molecular complexity index is 1640. The Labute approximate surface area is 217 Å². The van der Waals surface area contributed by atoms with Crippen molar-refractivity contribution in [2.24, 2.45) is 0 Å². The monoisotopic (exact) mass is 508 g/mol. The average Bonchev–Trinajstić information content (AvgIpc) is 3.41. The number of hydrogen-bond donors (Lipinski definition) is 2. The number of halogens is 1. The van der Waals surface area contributed by atoms with Crippen LogP contribution in [0.3, 0.4) is 0 Å². The number of aromatic nitrogens is 5. The van der Waals surface area contributed by atoms with Gasteiger partial charge in [-0.3, -0.25) is 9.69 Å². The molecule has 2 N–H and O–H groups in total. The van der Waals surface area contributed by atoms with Gasteiger partial charge >= 0.3 is 0 Å². The van der Waals surface area contributed by atoms with Gasteiger partial charge in [-0.05, 0) is 61.9 Å². The molecule has 0 aliphatic rings. The lowest BCUT2D eigenvalue weighted by Gasteiger charge is -2.24. The van der Waals surface area contributed by atoms with E-state index in [1.54, 1.807) is 53.8 Å². The highest BCUT2D eigenvalue weighted by Crippen LogP contribution is 2.40. The molecule has 2 aromatic carbocycles. The van der Waals surface area contributed by atoms with E-state index in [1.807, 2.05) is 38.1 Å². The van der Waals surface area contributed by atoms with E-state index in [2.05, 4.69) is 36.3 Å². The number of nitrogens with one attached hydrogen (secondary N) is 2. The van der Waals surface area contributed by atoms with Crippen molar-refractivity contribution in [3.63, 3.8) is 0 Å². The van der Waals surface area contributed by atoms with Gasteiger partial charge in [0.05, 0.1) is 28.5 Å². The van der Waals surface area contributed by atoms with E-state index in [0.29, 0.717) is 44.8 Å². The number of amides is 1. The largest absolute Gasteiger partial charge is 0.329 e. The third-order valence-corrected chi connectivity index (χ3v) is 6.18. The van der Waals surface area contributed by atoms with E-state index >= 15 is 0 Å². The maximum absolute atomic E-state index is 13.1. The number of H-pyrrole nitrogens is 1. The Hall–Kier alpha value is -4.81. The van der Waals surface area contributed by atoms with Crippen LogP contribution in [0, 0.1) is 11.3 Å². The zero-order valence-electron chi connectivity index (χ0n) is 20.0. The molecule has 0 unspecified atom stereocenters. The van der Waals surface area contributed by atoms with Gasteiger partial charge in [0, 0.05) is 17.4 Å². The predicted octanol–water partition coefficient (Wildman–Crippen LogP) is 5.92. The van der Waals surface area contributed by atoms with Crippen molar-refractivity contribution in [2.75, 3.05) is 10.2 Å². The van der Waals surface area contributed by atoms with Crippen LogP contribution in [0.4, 0.5) is 23.0 Å². The van der Waals surface area contributed by atoms with E-state index in [1.165, 1.54) is 6.33 Å². The van der Waals surface area contributed by atoms with Crippen LogP contribution in [-0.2, 0) is 5.41 Å². The fourth-order valence-corrected chi connectivity index (χ4v) is 4.03. The molecule has 0 aliphatic carbocycles. The van der Waals surface area contributed by atoms with Gasteiger partial charge in [0.15, 0.2) is 17.0 Å². The first kappa shape index (κ1) is 23.9. The molecule has 9 nitrogen and oxygen atoms in total. The molecular weight excluding hydrogens is 488 g/mol. The molecule has 5 rings (SSSR count). The quantitative estimate of drug-likeness (QED) is 0.291. The van der Waals surface area contributed by atoms with Crippen molar-refractivity contribution in [3.8, 4) is 6.07 Å². The molecule has 10 heteroatoms. The summed E-state index contributed by atoms with van der Waals surface area (Å²) in [5.41, 5.74) is 2.63. The molecule has 1 amide bonds. The van der Waals surface area contributed by atoms with Crippen LogP contribution in [-0.4, -0.2) is 30.8 Å². The summed E-state index contributed by atoms with van der Waals surface area (Å²) in [6.45, 7) is 3.62. The number of pyridine rings is 1. The maximum Gasteiger partial charge on any atom is 0.255 e. The van der Waals surface area contributed by atoms with E-state index < -0.39 is 5.41 Å². The van der Waals surface area contributed by atoms with Gasteiger partial charge in [-0.1, -0.05) is 29.8 Å². The summed E-state index contributed by atoms with van der Waals surface area (Å²) < 4.78 is 0. The second kappa shape index (κ2) is 9.68. The number of aromatic amines is 1. The van der Waals surface area contributed by atoms with Crippen LogP contribution in [0.25, 0.3) is 11.2 Å². The number of carbonyl (C=O) groups excluding carboxylic acids is 1. The summed E-state index contributed by atoms with van der Waals surface area (Å²) >= 11 is 6.67. The first-order valence-electron chi connectivity index (χ1n) is 11.4. The molecule has 3 heterocycles. The first-order valence-corrected chi connectivity index (χ1v) is 11.7. The maximum atomic E-state index is 13.1. The van der Waals surface area contributed by atoms with E-state index in [4.69, 9.17) is 11.6 Å². The SMILES string of the molecule is CC(C)(C#N)c1cccc(C(=O)Nc2ccc(Cl)c(N(c3ccccn3)c3ncnc4[nH]cnc34)c2)c1. The van der Waals surface area contributed by atoms with Crippen LogP contribution >= 0.6 is 11.6 Å². The summed E-state index contributed by atoms with van der Waals surface area (Å²) in [6.07, 6.45) is 4.64. The Morgan fingerprint density at radius 1 is 1.05 bits per heavy atom. The molecule has 0 aliphatic heterocycles.